The van der Waals surface area contributed by atoms with Gasteiger partial charge in [0.2, 0.25) is 5.13 Å². The van der Waals surface area contributed by atoms with Gasteiger partial charge in [0.25, 0.3) is 0 Å². The molecule has 0 unspecified atom stereocenters. The largest absolute Gasteiger partial charge is 0.490 e. The zero-order valence-corrected chi connectivity index (χ0v) is 20.3. The number of aromatic nitrogens is 1. The van der Waals surface area contributed by atoms with Crippen molar-refractivity contribution in [1.29, 1.82) is 0 Å². The summed E-state index contributed by atoms with van der Waals surface area (Å²) < 4.78 is 36.1. The predicted octanol–water partition coefficient (Wildman–Crippen LogP) is 5.73. The highest BCUT2D eigenvalue weighted by Crippen LogP contribution is 2.32. The standard InChI is InChI=1S/C25H23N3O4S2/c1-3-31-23-16-19(14-15-22(23)32-34(29,30)21-12-8-5-9-13-21)17-26-28-25-27-24(18(2)33-25)20-10-6-4-7-11-20/h4-17H,3H2,1-2H3,(H,27,28)/b26-17+. The highest BCUT2D eigenvalue weighted by atomic mass is 32.2. The van der Waals surface area contributed by atoms with E-state index in [-0.39, 0.29) is 10.6 Å². The summed E-state index contributed by atoms with van der Waals surface area (Å²) in [5.74, 6) is 0.418. The molecule has 174 valence electrons. The number of thiazole rings is 1. The molecule has 0 amide bonds. The minimum Gasteiger partial charge on any atom is -0.490 e. The molecule has 0 saturated carbocycles. The molecule has 7 nitrogen and oxygen atoms in total. The molecule has 0 spiro atoms. The van der Waals surface area contributed by atoms with Crippen LogP contribution in [-0.2, 0) is 10.1 Å². The Kier molecular flexibility index (Phi) is 7.24. The van der Waals surface area contributed by atoms with Gasteiger partial charge in [-0.3, -0.25) is 5.43 Å². The average molecular weight is 494 g/mol. The second-order valence-corrected chi connectivity index (χ2v) is 9.90. The molecule has 0 saturated heterocycles. The lowest BCUT2D eigenvalue weighted by Crippen LogP contribution is -2.10. The minimum atomic E-state index is -3.98. The van der Waals surface area contributed by atoms with Gasteiger partial charge in [-0.05, 0) is 49.7 Å². The number of nitrogens with zero attached hydrogens (tertiary/aromatic N) is 2. The second kappa shape index (κ2) is 10.5. The van der Waals surface area contributed by atoms with Crippen LogP contribution in [0.2, 0.25) is 0 Å². The number of ether oxygens (including phenoxy) is 1. The molecule has 0 bridgehead atoms. The van der Waals surface area contributed by atoms with Crippen LogP contribution in [-0.4, -0.2) is 26.2 Å². The van der Waals surface area contributed by atoms with E-state index >= 15 is 0 Å². The molecule has 0 radical (unpaired) electrons. The number of hydrogen-bond donors (Lipinski definition) is 1. The van der Waals surface area contributed by atoms with Crippen molar-refractivity contribution in [2.75, 3.05) is 12.0 Å². The first-order chi connectivity index (χ1) is 16.5. The van der Waals surface area contributed by atoms with Gasteiger partial charge in [-0.2, -0.15) is 13.5 Å². The molecule has 1 heterocycles. The van der Waals surface area contributed by atoms with Crippen LogP contribution in [0.15, 0.2) is 88.9 Å². The lowest BCUT2D eigenvalue weighted by molar-refractivity contribution is 0.327. The summed E-state index contributed by atoms with van der Waals surface area (Å²) in [6.07, 6.45) is 1.61. The van der Waals surface area contributed by atoms with Gasteiger partial charge in [-0.15, -0.1) is 11.3 Å². The van der Waals surface area contributed by atoms with E-state index < -0.39 is 10.1 Å². The minimum absolute atomic E-state index is 0.0703. The fourth-order valence-electron chi connectivity index (χ4n) is 3.17. The molecular weight excluding hydrogens is 470 g/mol. The smallest absolute Gasteiger partial charge is 0.339 e. The van der Waals surface area contributed by atoms with E-state index in [1.165, 1.54) is 23.5 Å². The Morgan fingerprint density at radius 2 is 1.71 bits per heavy atom. The summed E-state index contributed by atoms with van der Waals surface area (Å²) in [4.78, 5) is 5.78. The summed E-state index contributed by atoms with van der Waals surface area (Å²) in [7, 11) is -3.98. The fourth-order valence-corrected chi connectivity index (χ4v) is 4.91. The number of benzene rings is 3. The maximum atomic E-state index is 12.6. The van der Waals surface area contributed by atoms with Gasteiger partial charge in [0.05, 0.1) is 18.5 Å². The highest BCUT2D eigenvalue weighted by molar-refractivity contribution is 7.87. The quantitative estimate of drug-likeness (QED) is 0.182. The first kappa shape index (κ1) is 23.5. The summed E-state index contributed by atoms with van der Waals surface area (Å²) in [5.41, 5.74) is 5.64. The number of hydrazone groups is 1. The van der Waals surface area contributed by atoms with Crippen molar-refractivity contribution in [3.8, 4) is 22.8 Å². The van der Waals surface area contributed by atoms with Crippen LogP contribution in [0.3, 0.4) is 0 Å². The van der Waals surface area contributed by atoms with E-state index in [1.807, 2.05) is 44.2 Å². The Morgan fingerprint density at radius 3 is 2.41 bits per heavy atom. The van der Waals surface area contributed by atoms with Crippen LogP contribution in [0.5, 0.6) is 11.5 Å². The Morgan fingerprint density at radius 1 is 1.00 bits per heavy atom. The maximum Gasteiger partial charge on any atom is 0.339 e. The average Bonchev–Trinajstić information content (AvgIpc) is 3.22. The van der Waals surface area contributed by atoms with Crippen molar-refractivity contribution >= 4 is 32.8 Å². The summed E-state index contributed by atoms with van der Waals surface area (Å²) in [5, 5.41) is 4.94. The summed E-state index contributed by atoms with van der Waals surface area (Å²) in [6, 6.07) is 22.9. The number of aryl methyl sites for hydroxylation is 1. The SMILES string of the molecule is CCOc1cc(/C=N/Nc2nc(-c3ccccc3)c(C)s2)ccc1OS(=O)(=O)c1ccccc1. The zero-order valence-electron chi connectivity index (χ0n) is 18.6. The molecule has 0 aliphatic rings. The molecule has 9 heteroatoms. The van der Waals surface area contributed by atoms with Crippen LogP contribution >= 0.6 is 11.3 Å². The Hall–Kier alpha value is -3.69. The van der Waals surface area contributed by atoms with Crippen LogP contribution in [0.1, 0.15) is 17.4 Å². The lowest BCUT2D eigenvalue weighted by atomic mass is 10.1. The van der Waals surface area contributed by atoms with Gasteiger partial charge in [-0.1, -0.05) is 48.5 Å². The third kappa shape index (κ3) is 5.62. The van der Waals surface area contributed by atoms with Gasteiger partial charge < -0.3 is 8.92 Å². The van der Waals surface area contributed by atoms with E-state index in [0.29, 0.717) is 23.1 Å². The topological polar surface area (TPSA) is 89.9 Å². The van der Waals surface area contributed by atoms with E-state index in [1.54, 1.807) is 42.6 Å². The fraction of sp³-hybridized carbons (Fsp3) is 0.120. The van der Waals surface area contributed by atoms with Gasteiger partial charge >= 0.3 is 10.1 Å². The van der Waals surface area contributed by atoms with Crippen LogP contribution in [0.25, 0.3) is 11.3 Å². The summed E-state index contributed by atoms with van der Waals surface area (Å²) >= 11 is 1.51. The highest BCUT2D eigenvalue weighted by Gasteiger charge is 2.19. The molecule has 1 N–H and O–H groups in total. The van der Waals surface area contributed by atoms with E-state index in [2.05, 4.69) is 15.5 Å². The third-order valence-electron chi connectivity index (χ3n) is 4.72. The number of nitrogens with one attached hydrogen (secondary N) is 1. The molecule has 0 fully saturated rings. The molecular formula is C25H23N3O4S2. The van der Waals surface area contributed by atoms with Gasteiger partial charge in [0.1, 0.15) is 4.90 Å². The number of hydrogen-bond acceptors (Lipinski definition) is 8. The van der Waals surface area contributed by atoms with Crippen molar-refractivity contribution in [2.24, 2.45) is 5.10 Å². The zero-order chi connectivity index (χ0) is 24.0. The first-order valence-corrected chi connectivity index (χ1v) is 12.8. The van der Waals surface area contributed by atoms with Crippen molar-refractivity contribution in [3.63, 3.8) is 0 Å². The van der Waals surface area contributed by atoms with Crippen molar-refractivity contribution in [3.05, 3.63) is 89.3 Å². The molecule has 4 rings (SSSR count). The molecule has 0 aliphatic heterocycles. The third-order valence-corrected chi connectivity index (χ3v) is 6.84. The monoisotopic (exact) mass is 493 g/mol. The molecule has 4 aromatic rings. The molecule has 34 heavy (non-hydrogen) atoms. The van der Waals surface area contributed by atoms with Crippen molar-refractivity contribution in [2.45, 2.75) is 18.7 Å². The molecule has 3 aromatic carbocycles. The van der Waals surface area contributed by atoms with Crippen LogP contribution < -0.4 is 14.3 Å². The second-order valence-electron chi connectivity index (χ2n) is 7.15. The van der Waals surface area contributed by atoms with Crippen molar-refractivity contribution in [1.82, 2.24) is 4.98 Å². The maximum absolute atomic E-state index is 12.6. The predicted molar refractivity (Wildman–Crippen MR) is 135 cm³/mol. The normalized spacial score (nSPS) is 11.5. The van der Waals surface area contributed by atoms with E-state index in [4.69, 9.17) is 8.92 Å². The molecule has 0 aliphatic carbocycles. The van der Waals surface area contributed by atoms with E-state index in [0.717, 1.165) is 16.1 Å². The van der Waals surface area contributed by atoms with Crippen LogP contribution in [0.4, 0.5) is 5.13 Å². The van der Waals surface area contributed by atoms with Gasteiger partial charge in [0.15, 0.2) is 11.5 Å². The lowest BCUT2D eigenvalue weighted by Gasteiger charge is -2.12. The van der Waals surface area contributed by atoms with Gasteiger partial charge in [0, 0.05) is 10.4 Å². The Labute approximate surface area is 202 Å². The summed E-state index contributed by atoms with van der Waals surface area (Å²) in [6.45, 7) is 4.18. The van der Waals surface area contributed by atoms with Crippen LogP contribution in [0, 0.1) is 6.92 Å². The molecule has 0 atom stereocenters. The number of anilines is 1. The Balaban J connectivity index is 1.49. The molecule has 1 aromatic heterocycles. The Bertz CT molecular complexity index is 1390. The van der Waals surface area contributed by atoms with Gasteiger partial charge in [-0.25, -0.2) is 4.98 Å². The first-order valence-electron chi connectivity index (χ1n) is 10.5. The van der Waals surface area contributed by atoms with Crippen molar-refractivity contribution < 1.29 is 17.3 Å². The van der Waals surface area contributed by atoms with E-state index in [9.17, 15) is 8.42 Å². The number of rotatable bonds is 9.